The molecule has 0 bridgehead atoms. The van der Waals surface area contributed by atoms with Crippen LogP contribution in [0.1, 0.15) is 38.6 Å². The number of rotatable bonds is 2. The van der Waals surface area contributed by atoms with E-state index >= 15 is 0 Å². The molecule has 0 radical (unpaired) electrons. The molecule has 6 heteroatoms. The van der Waals surface area contributed by atoms with Crippen LogP contribution in [0.2, 0.25) is 0 Å². The summed E-state index contributed by atoms with van der Waals surface area (Å²) >= 11 is 1.32. The zero-order valence-corrected chi connectivity index (χ0v) is 11.9. The number of hydrogen-bond acceptors (Lipinski definition) is 4. The first-order chi connectivity index (χ1) is 8.56. The molecule has 0 amide bonds. The first-order valence-electron chi connectivity index (χ1n) is 6.29. The van der Waals surface area contributed by atoms with Gasteiger partial charge in [0.2, 0.25) is 0 Å². The lowest BCUT2D eigenvalue weighted by molar-refractivity contribution is 0.237. The number of aromatic nitrogens is 3. The fourth-order valence-corrected chi connectivity index (χ4v) is 3.20. The Morgan fingerprint density at radius 1 is 1.28 bits per heavy atom. The molecule has 1 aromatic heterocycles. The molecule has 1 fully saturated rings. The monoisotopic (exact) mass is 269 g/mol. The summed E-state index contributed by atoms with van der Waals surface area (Å²) in [6.45, 7) is 2.11. The highest BCUT2D eigenvalue weighted by Gasteiger charge is 2.26. The molecule has 2 atom stereocenters. The van der Waals surface area contributed by atoms with Crippen LogP contribution in [0.15, 0.2) is 14.7 Å². The molecule has 18 heavy (non-hydrogen) atoms. The second-order valence-electron chi connectivity index (χ2n) is 4.92. The molecule has 0 N–H and O–H groups in total. The highest BCUT2D eigenvalue weighted by Crippen LogP contribution is 2.31. The molecule has 1 aromatic rings. The average molecular weight is 269 g/mol. The van der Waals surface area contributed by atoms with Crippen LogP contribution in [0, 0.1) is 5.92 Å². The van der Waals surface area contributed by atoms with Gasteiger partial charge in [-0.15, -0.1) is 0 Å². The van der Waals surface area contributed by atoms with Crippen LogP contribution in [-0.4, -0.2) is 20.4 Å². The summed E-state index contributed by atoms with van der Waals surface area (Å²) in [5.41, 5.74) is -0.640. The van der Waals surface area contributed by atoms with Crippen molar-refractivity contribution in [1.82, 2.24) is 14.1 Å². The van der Waals surface area contributed by atoms with Gasteiger partial charge in [0, 0.05) is 13.1 Å². The van der Waals surface area contributed by atoms with E-state index in [9.17, 15) is 9.59 Å². The Balaban J connectivity index is 2.54. The van der Waals surface area contributed by atoms with E-state index in [2.05, 4.69) is 11.9 Å². The minimum atomic E-state index is -0.402. The molecule has 0 aliphatic heterocycles. The van der Waals surface area contributed by atoms with E-state index in [0.717, 1.165) is 19.3 Å². The SMILES string of the molecule is CSc1nc(=O)n(C2CCCCC2C)c(=O)n1C. The van der Waals surface area contributed by atoms with Gasteiger partial charge in [-0.25, -0.2) is 14.2 Å². The lowest BCUT2D eigenvalue weighted by atomic mass is 9.86. The average Bonchev–Trinajstić information content (AvgIpc) is 2.36. The third-order valence-electron chi connectivity index (χ3n) is 3.76. The van der Waals surface area contributed by atoms with E-state index < -0.39 is 5.69 Å². The van der Waals surface area contributed by atoms with Crippen molar-refractivity contribution in [2.45, 2.75) is 43.8 Å². The van der Waals surface area contributed by atoms with Crippen molar-refractivity contribution in [3.63, 3.8) is 0 Å². The summed E-state index contributed by atoms with van der Waals surface area (Å²) in [6, 6.07) is 0.00774. The van der Waals surface area contributed by atoms with Crippen LogP contribution >= 0.6 is 11.8 Å². The Morgan fingerprint density at radius 3 is 2.56 bits per heavy atom. The van der Waals surface area contributed by atoms with Crippen molar-refractivity contribution < 1.29 is 0 Å². The van der Waals surface area contributed by atoms with Crippen LogP contribution in [0.25, 0.3) is 0 Å². The molecule has 0 saturated heterocycles. The van der Waals surface area contributed by atoms with Crippen molar-refractivity contribution in [2.24, 2.45) is 13.0 Å². The van der Waals surface area contributed by atoms with Gasteiger partial charge in [-0.3, -0.25) is 4.57 Å². The molecule has 1 aliphatic carbocycles. The van der Waals surface area contributed by atoms with Gasteiger partial charge in [0.1, 0.15) is 0 Å². The second-order valence-corrected chi connectivity index (χ2v) is 5.70. The molecule has 5 nitrogen and oxygen atoms in total. The third-order valence-corrected chi connectivity index (χ3v) is 4.49. The van der Waals surface area contributed by atoms with Crippen LogP contribution in [0.4, 0.5) is 0 Å². The topological polar surface area (TPSA) is 56.9 Å². The predicted molar refractivity (Wildman–Crippen MR) is 72.2 cm³/mol. The first kappa shape index (κ1) is 13.4. The van der Waals surface area contributed by atoms with Crippen molar-refractivity contribution in [3.05, 3.63) is 21.0 Å². The van der Waals surface area contributed by atoms with Gasteiger partial charge in [0.05, 0.1) is 0 Å². The van der Waals surface area contributed by atoms with Crippen molar-refractivity contribution in [3.8, 4) is 0 Å². The Hall–Kier alpha value is -1.04. The van der Waals surface area contributed by atoms with Gasteiger partial charge < -0.3 is 0 Å². The quantitative estimate of drug-likeness (QED) is 0.762. The molecule has 100 valence electrons. The summed E-state index contributed by atoms with van der Waals surface area (Å²) in [5, 5.41) is 0.477. The number of hydrogen-bond donors (Lipinski definition) is 0. The van der Waals surface area contributed by atoms with Crippen molar-refractivity contribution in [2.75, 3.05) is 6.26 Å². The van der Waals surface area contributed by atoms with Gasteiger partial charge in [0.15, 0.2) is 5.16 Å². The molecule has 1 heterocycles. The molecule has 2 rings (SSSR count). The number of nitrogens with zero attached hydrogens (tertiary/aromatic N) is 3. The summed E-state index contributed by atoms with van der Waals surface area (Å²) < 4.78 is 2.82. The maximum absolute atomic E-state index is 12.3. The van der Waals surface area contributed by atoms with E-state index in [1.54, 1.807) is 7.05 Å². The summed E-state index contributed by atoms with van der Waals surface area (Å²) in [5.74, 6) is 0.367. The van der Waals surface area contributed by atoms with Crippen LogP contribution in [0.3, 0.4) is 0 Å². The van der Waals surface area contributed by atoms with Gasteiger partial charge in [0.25, 0.3) is 0 Å². The minimum absolute atomic E-state index is 0.00774. The van der Waals surface area contributed by atoms with Crippen molar-refractivity contribution in [1.29, 1.82) is 0 Å². The summed E-state index contributed by atoms with van der Waals surface area (Å²) in [6.07, 6.45) is 6.05. The maximum atomic E-state index is 12.3. The fraction of sp³-hybridized carbons (Fsp3) is 0.750. The molecular weight excluding hydrogens is 250 g/mol. The zero-order valence-electron chi connectivity index (χ0n) is 11.0. The van der Waals surface area contributed by atoms with Gasteiger partial charge in [-0.1, -0.05) is 31.5 Å². The minimum Gasteiger partial charge on any atom is -0.275 e. The lowest BCUT2D eigenvalue weighted by Gasteiger charge is -2.29. The van der Waals surface area contributed by atoms with E-state index in [1.165, 1.54) is 27.3 Å². The molecule has 1 aliphatic rings. The largest absolute Gasteiger partial charge is 0.354 e. The number of thioether (sulfide) groups is 1. The van der Waals surface area contributed by atoms with Gasteiger partial charge in [-0.05, 0) is 25.0 Å². The standard InChI is InChI=1S/C12H19N3O2S/c1-8-6-4-5-7-9(8)15-10(16)13-11(18-3)14(2)12(15)17/h8-9H,4-7H2,1-3H3. The van der Waals surface area contributed by atoms with Crippen LogP contribution in [-0.2, 0) is 7.05 Å². The fourth-order valence-electron chi connectivity index (χ4n) is 2.68. The highest BCUT2D eigenvalue weighted by molar-refractivity contribution is 7.98. The first-order valence-corrected chi connectivity index (χ1v) is 7.52. The Bertz CT molecular complexity index is 549. The van der Waals surface area contributed by atoms with Crippen molar-refractivity contribution >= 4 is 11.8 Å². The molecular formula is C12H19N3O2S. The Morgan fingerprint density at radius 2 is 1.94 bits per heavy atom. The smallest absolute Gasteiger partial charge is 0.275 e. The van der Waals surface area contributed by atoms with E-state index in [0.29, 0.717) is 11.1 Å². The highest BCUT2D eigenvalue weighted by atomic mass is 32.2. The van der Waals surface area contributed by atoms with Crippen LogP contribution in [0.5, 0.6) is 0 Å². The second kappa shape index (κ2) is 5.30. The van der Waals surface area contributed by atoms with Gasteiger partial charge >= 0.3 is 11.4 Å². The summed E-state index contributed by atoms with van der Waals surface area (Å²) in [4.78, 5) is 28.3. The molecule has 1 saturated carbocycles. The normalized spacial score (nSPS) is 24.2. The van der Waals surface area contributed by atoms with Gasteiger partial charge in [-0.2, -0.15) is 4.98 Å². The zero-order chi connectivity index (χ0) is 13.3. The predicted octanol–water partition coefficient (Wildman–Crippen LogP) is 1.42. The third kappa shape index (κ3) is 2.25. The lowest BCUT2D eigenvalue weighted by Crippen LogP contribution is -2.45. The Labute approximate surface area is 110 Å². The molecule has 2 unspecified atom stereocenters. The summed E-state index contributed by atoms with van der Waals surface area (Å²) in [7, 11) is 1.67. The molecule has 0 spiro atoms. The Kier molecular flexibility index (Phi) is 3.94. The van der Waals surface area contributed by atoms with E-state index in [-0.39, 0.29) is 11.7 Å². The van der Waals surface area contributed by atoms with E-state index in [1.807, 2.05) is 6.26 Å². The van der Waals surface area contributed by atoms with Crippen LogP contribution < -0.4 is 11.4 Å². The molecule has 0 aromatic carbocycles. The maximum Gasteiger partial charge on any atom is 0.354 e. The van der Waals surface area contributed by atoms with E-state index in [4.69, 9.17) is 0 Å².